The normalized spacial score (nSPS) is 12.1. The Bertz CT molecular complexity index is 1700. The number of nitrogens with one attached hydrogen (secondary N) is 1. The van der Waals surface area contributed by atoms with Crippen LogP contribution >= 0.6 is 11.6 Å². The number of ether oxygens (including phenoxy) is 5. The quantitative estimate of drug-likeness (QED) is 0.230. The highest BCUT2D eigenvalue weighted by Gasteiger charge is 2.28. The summed E-state index contributed by atoms with van der Waals surface area (Å²) in [5.74, 6) is 1.05. The Morgan fingerprint density at radius 3 is 2.50 bits per heavy atom. The van der Waals surface area contributed by atoms with Gasteiger partial charge in [0.2, 0.25) is 6.79 Å². The van der Waals surface area contributed by atoms with Gasteiger partial charge in [0.05, 0.1) is 29.3 Å². The standard InChI is InChI=1S/C29H25ClN2O9S/c1-37-21-8-10-23(30)26(16-21)41-25-11-7-19(15-27(25)38-14-13-33)29(34)32(20-5-3-2-4-6-20)31-42(35,36)22-9-12-24-28(17-22)40-18-39-24/h2-12,15-17,31,33H,13-14,18H2,1H3. The number of benzene rings is 4. The molecule has 0 aliphatic carbocycles. The summed E-state index contributed by atoms with van der Waals surface area (Å²) in [5, 5.41) is 10.6. The minimum atomic E-state index is -4.26. The lowest BCUT2D eigenvalue weighted by atomic mass is 10.1. The van der Waals surface area contributed by atoms with Crippen LogP contribution in [0.5, 0.6) is 34.5 Å². The molecule has 4 aromatic rings. The number of halogens is 1. The number of carbonyl (C=O) groups is 1. The SMILES string of the molecule is COc1ccc(Cl)c(Oc2ccc(C(=O)N(NS(=O)(=O)c3ccc4c(c3)OCO4)c3ccccc3)cc2OCCO)c1. The highest BCUT2D eigenvalue weighted by molar-refractivity contribution is 7.89. The average molecular weight is 613 g/mol. The number of hydrogen-bond donors (Lipinski definition) is 2. The topological polar surface area (TPSA) is 133 Å². The number of amides is 1. The van der Waals surface area contributed by atoms with E-state index in [1.807, 2.05) is 0 Å². The third-order valence-corrected chi connectivity index (χ3v) is 7.59. The second-order valence-electron chi connectivity index (χ2n) is 8.72. The smallest absolute Gasteiger partial charge is 0.273 e. The Labute approximate surface area is 246 Å². The molecule has 1 amide bonds. The van der Waals surface area contributed by atoms with Crippen molar-refractivity contribution >= 4 is 33.2 Å². The summed E-state index contributed by atoms with van der Waals surface area (Å²) in [6.45, 7) is -0.423. The minimum Gasteiger partial charge on any atom is -0.497 e. The molecular formula is C29H25ClN2O9S. The van der Waals surface area contributed by atoms with Gasteiger partial charge in [0.15, 0.2) is 23.0 Å². The van der Waals surface area contributed by atoms with Crippen LogP contribution in [0.3, 0.4) is 0 Å². The molecule has 2 N–H and O–H groups in total. The van der Waals surface area contributed by atoms with E-state index in [4.69, 9.17) is 35.3 Å². The summed E-state index contributed by atoms with van der Waals surface area (Å²) in [5.41, 5.74) is 0.317. The number of hydrazine groups is 1. The lowest BCUT2D eigenvalue weighted by Crippen LogP contribution is -2.46. The number of methoxy groups -OCH3 is 1. The molecule has 1 aliphatic rings. The zero-order valence-corrected chi connectivity index (χ0v) is 23.7. The van der Waals surface area contributed by atoms with E-state index < -0.39 is 15.9 Å². The zero-order valence-electron chi connectivity index (χ0n) is 22.2. The number of aliphatic hydroxyl groups is 1. The first-order valence-electron chi connectivity index (χ1n) is 12.5. The molecule has 0 unspecified atom stereocenters. The molecule has 1 aliphatic heterocycles. The van der Waals surface area contributed by atoms with Crippen LogP contribution in [0.4, 0.5) is 5.69 Å². The Balaban J connectivity index is 1.49. The van der Waals surface area contributed by atoms with E-state index in [9.17, 15) is 18.3 Å². The number of anilines is 1. The van der Waals surface area contributed by atoms with E-state index in [2.05, 4.69) is 4.83 Å². The fourth-order valence-corrected chi connectivity index (χ4v) is 5.14. The van der Waals surface area contributed by atoms with Crippen LogP contribution in [-0.4, -0.2) is 46.5 Å². The van der Waals surface area contributed by atoms with Crippen LogP contribution in [0.1, 0.15) is 10.4 Å². The molecule has 218 valence electrons. The molecule has 0 bridgehead atoms. The second-order valence-corrected chi connectivity index (χ2v) is 10.8. The van der Waals surface area contributed by atoms with Gasteiger partial charge in [0, 0.05) is 17.7 Å². The molecule has 4 aromatic carbocycles. The van der Waals surface area contributed by atoms with Crippen LogP contribution in [-0.2, 0) is 10.0 Å². The molecule has 13 heteroatoms. The number of nitrogens with zero attached hydrogens (tertiary/aromatic N) is 1. The van der Waals surface area contributed by atoms with Crippen LogP contribution in [0.15, 0.2) is 89.8 Å². The molecule has 0 saturated carbocycles. The minimum absolute atomic E-state index is 0.0225. The van der Waals surface area contributed by atoms with Gasteiger partial charge in [-0.1, -0.05) is 29.8 Å². The van der Waals surface area contributed by atoms with E-state index in [1.54, 1.807) is 48.5 Å². The lowest BCUT2D eigenvalue weighted by molar-refractivity contribution is 0.0980. The van der Waals surface area contributed by atoms with Gasteiger partial charge < -0.3 is 28.8 Å². The van der Waals surface area contributed by atoms with Gasteiger partial charge in [-0.25, -0.2) is 13.4 Å². The maximum atomic E-state index is 13.8. The third-order valence-electron chi connectivity index (χ3n) is 5.98. The second kappa shape index (κ2) is 12.6. The van der Waals surface area contributed by atoms with E-state index in [0.29, 0.717) is 16.5 Å². The molecule has 0 radical (unpaired) electrons. The van der Waals surface area contributed by atoms with Crippen molar-refractivity contribution in [2.24, 2.45) is 0 Å². The summed E-state index contributed by atoms with van der Waals surface area (Å²) in [6, 6.07) is 21.5. The van der Waals surface area contributed by atoms with E-state index >= 15 is 0 Å². The van der Waals surface area contributed by atoms with Gasteiger partial charge in [-0.15, -0.1) is 4.83 Å². The van der Waals surface area contributed by atoms with E-state index in [-0.39, 0.29) is 59.2 Å². The van der Waals surface area contributed by atoms with E-state index in [0.717, 1.165) is 5.01 Å². The van der Waals surface area contributed by atoms with Gasteiger partial charge in [0.1, 0.15) is 18.1 Å². The summed E-state index contributed by atoms with van der Waals surface area (Å²) in [4.78, 5) is 16.1. The first kappa shape index (κ1) is 29.0. The molecule has 11 nitrogen and oxygen atoms in total. The monoisotopic (exact) mass is 612 g/mol. The van der Waals surface area contributed by atoms with Crippen LogP contribution in [0.2, 0.25) is 5.02 Å². The van der Waals surface area contributed by atoms with Gasteiger partial charge in [-0.05, 0) is 54.6 Å². The fourth-order valence-electron chi connectivity index (χ4n) is 3.94. The average Bonchev–Trinajstić information content (AvgIpc) is 3.49. The Kier molecular flexibility index (Phi) is 8.69. The molecule has 0 atom stereocenters. The molecule has 0 aromatic heterocycles. The first-order valence-corrected chi connectivity index (χ1v) is 14.4. The number of para-hydroxylation sites is 1. The summed E-state index contributed by atoms with van der Waals surface area (Å²) in [7, 11) is -2.76. The van der Waals surface area contributed by atoms with Gasteiger partial charge in [-0.2, -0.15) is 0 Å². The maximum Gasteiger partial charge on any atom is 0.273 e. The number of aliphatic hydroxyl groups excluding tert-OH is 1. The summed E-state index contributed by atoms with van der Waals surface area (Å²) >= 11 is 6.29. The van der Waals surface area contributed by atoms with Crippen molar-refractivity contribution in [2.75, 3.05) is 32.1 Å². The molecule has 5 rings (SSSR count). The zero-order chi connectivity index (χ0) is 29.7. The number of fused-ring (bicyclic) bond motifs is 1. The maximum absolute atomic E-state index is 13.8. The number of carbonyl (C=O) groups excluding carboxylic acids is 1. The molecule has 42 heavy (non-hydrogen) atoms. The van der Waals surface area contributed by atoms with Crippen LogP contribution in [0.25, 0.3) is 0 Å². The van der Waals surface area contributed by atoms with Crippen LogP contribution < -0.4 is 33.5 Å². The Hall–Kier alpha value is -4.49. The Morgan fingerprint density at radius 1 is 0.952 bits per heavy atom. The fraction of sp³-hybridized carbons (Fsp3) is 0.138. The van der Waals surface area contributed by atoms with Gasteiger partial charge in [-0.3, -0.25) is 4.79 Å². The van der Waals surface area contributed by atoms with Crippen molar-refractivity contribution in [3.05, 3.63) is 95.5 Å². The highest BCUT2D eigenvalue weighted by atomic mass is 35.5. The number of rotatable bonds is 11. The third kappa shape index (κ3) is 6.37. The molecular weight excluding hydrogens is 588 g/mol. The van der Waals surface area contributed by atoms with Crippen molar-refractivity contribution in [2.45, 2.75) is 4.90 Å². The number of sulfonamides is 1. The van der Waals surface area contributed by atoms with Gasteiger partial charge in [0.25, 0.3) is 15.9 Å². The largest absolute Gasteiger partial charge is 0.497 e. The number of hydrogen-bond acceptors (Lipinski definition) is 9. The van der Waals surface area contributed by atoms with Crippen molar-refractivity contribution in [1.82, 2.24) is 4.83 Å². The highest BCUT2D eigenvalue weighted by Crippen LogP contribution is 2.38. The van der Waals surface area contributed by atoms with Crippen molar-refractivity contribution < 1.29 is 42.0 Å². The summed E-state index contributed by atoms with van der Waals surface area (Å²) < 4.78 is 54.2. The molecule has 0 spiro atoms. The van der Waals surface area contributed by atoms with E-state index in [1.165, 1.54) is 43.5 Å². The van der Waals surface area contributed by atoms with Crippen LogP contribution in [0, 0.1) is 0 Å². The summed E-state index contributed by atoms with van der Waals surface area (Å²) in [6.07, 6.45) is 0. The predicted octanol–water partition coefficient (Wildman–Crippen LogP) is 4.78. The lowest BCUT2D eigenvalue weighted by Gasteiger charge is -2.24. The van der Waals surface area contributed by atoms with Crippen molar-refractivity contribution in [3.8, 4) is 34.5 Å². The van der Waals surface area contributed by atoms with Crippen molar-refractivity contribution in [1.29, 1.82) is 0 Å². The molecule has 1 heterocycles. The molecule has 0 saturated heterocycles. The first-order chi connectivity index (χ1) is 20.3. The van der Waals surface area contributed by atoms with Gasteiger partial charge >= 0.3 is 0 Å². The predicted molar refractivity (Wildman–Crippen MR) is 153 cm³/mol. The van der Waals surface area contributed by atoms with Crippen molar-refractivity contribution in [3.63, 3.8) is 0 Å². The Morgan fingerprint density at radius 2 is 1.74 bits per heavy atom. The molecule has 0 fully saturated rings.